The van der Waals surface area contributed by atoms with Crippen molar-refractivity contribution >= 4 is 29.7 Å². The molecule has 1 aliphatic carbocycles. The lowest BCUT2D eigenvalue weighted by molar-refractivity contribution is 0.660. The third kappa shape index (κ3) is 5.09. The number of anilines is 3. The second kappa shape index (κ2) is 11.4. The van der Waals surface area contributed by atoms with Gasteiger partial charge < -0.3 is 4.90 Å². The van der Waals surface area contributed by atoms with Gasteiger partial charge in [-0.3, -0.25) is 0 Å². The monoisotopic (exact) mass is 539 g/mol. The summed E-state index contributed by atoms with van der Waals surface area (Å²) in [6.45, 7) is 4.70. The molecule has 6 rings (SSSR count). The lowest BCUT2D eigenvalue weighted by Crippen LogP contribution is -2.16. The highest BCUT2D eigenvalue weighted by atomic mass is 32.1. The SMILES string of the molecule is CC1(C)c2ccccc2-c2ccc(N(c3ccc(CCCCCS)cc3)c3ccc(-c4ccccc4)cc3)cc21. The number of rotatable bonds is 9. The molecule has 0 amide bonds. The Balaban J connectivity index is 1.39. The van der Waals surface area contributed by atoms with Crippen LogP contribution in [0.15, 0.2) is 121 Å². The fourth-order valence-corrected chi connectivity index (χ4v) is 6.37. The fraction of sp³-hybridized carbons (Fsp3) is 0.211. The molecule has 0 radical (unpaired) electrons. The standard InChI is InChI=1S/C38H37NS/c1-38(2)36-15-9-8-14-34(36)35-25-24-33(27-37(35)38)39(31-20-16-28(17-21-31)11-5-4-10-26-40)32-22-18-30(19-23-32)29-12-6-3-7-13-29/h3,6-9,12-25,27,40H,4-5,10-11,26H2,1-2H3. The predicted octanol–water partition coefficient (Wildman–Crippen LogP) is 10.8. The topological polar surface area (TPSA) is 3.24 Å². The Labute approximate surface area is 244 Å². The number of fused-ring (bicyclic) bond motifs is 3. The summed E-state index contributed by atoms with van der Waals surface area (Å²) in [7, 11) is 0. The van der Waals surface area contributed by atoms with Crippen molar-refractivity contribution in [3.8, 4) is 22.3 Å². The van der Waals surface area contributed by atoms with Crippen LogP contribution < -0.4 is 4.90 Å². The van der Waals surface area contributed by atoms with Gasteiger partial charge in [-0.1, -0.05) is 105 Å². The molecule has 5 aromatic rings. The van der Waals surface area contributed by atoms with E-state index in [9.17, 15) is 0 Å². The van der Waals surface area contributed by atoms with Gasteiger partial charge in [0, 0.05) is 22.5 Å². The zero-order chi connectivity index (χ0) is 27.5. The summed E-state index contributed by atoms with van der Waals surface area (Å²) in [6.07, 6.45) is 4.75. The molecule has 200 valence electrons. The first-order valence-corrected chi connectivity index (χ1v) is 15.1. The van der Waals surface area contributed by atoms with E-state index in [4.69, 9.17) is 0 Å². The highest BCUT2D eigenvalue weighted by molar-refractivity contribution is 7.80. The average Bonchev–Trinajstić information content (AvgIpc) is 3.23. The first kappa shape index (κ1) is 26.5. The maximum absolute atomic E-state index is 4.36. The molecule has 0 saturated heterocycles. The predicted molar refractivity (Wildman–Crippen MR) is 176 cm³/mol. The second-order valence-electron chi connectivity index (χ2n) is 11.3. The lowest BCUT2D eigenvalue weighted by atomic mass is 9.82. The van der Waals surface area contributed by atoms with Crippen LogP contribution in [0, 0.1) is 0 Å². The van der Waals surface area contributed by atoms with E-state index in [-0.39, 0.29) is 5.41 Å². The average molecular weight is 540 g/mol. The van der Waals surface area contributed by atoms with Crippen molar-refractivity contribution in [1.82, 2.24) is 0 Å². The molecular formula is C38H37NS. The second-order valence-corrected chi connectivity index (χ2v) is 11.8. The number of benzene rings is 5. The van der Waals surface area contributed by atoms with E-state index < -0.39 is 0 Å². The first-order chi connectivity index (χ1) is 19.6. The number of hydrogen-bond donors (Lipinski definition) is 1. The molecule has 1 nitrogen and oxygen atoms in total. The fourth-order valence-electron chi connectivity index (χ4n) is 6.14. The van der Waals surface area contributed by atoms with Crippen LogP contribution in [0.1, 0.15) is 49.8 Å². The Morgan fingerprint density at radius 3 is 1.88 bits per heavy atom. The molecule has 1 aliphatic rings. The molecule has 0 heterocycles. The molecule has 0 N–H and O–H groups in total. The zero-order valence-corrected chi connectivity index (χ0v) is 24.4. The van der Waals surface area contributed by atoms with E-state index in [2.05, 4.69) is 153 Å². The Kier molecular flexibility index (Phi) is 7.54. The molecule has 5 aromatic carbocycles. The van der Waals surface area contributed by atoms with E-state index in [0.717, 1.165) is 17.9 Å². The van der Waals surface area contributed by atoms with Gasteiger partial charge in [0.05, 0.1) is 0 Å². The summed E-state index contributed by atoms with van der Waals surface area (Å²) in [5, 5.41) is 0. The van der Waals surface area contributed by atoms with Crippen molar-refractivity contribution in [2.24, 2.45) is 0 Å². The van der Waals surface area contributed by atoms with Crippen LogP contribution in [0.3, 0.4) is 0 Å². The molecule has 0 aliphatic heterocycles. The van der Waals surface area contributed by atoms with E-state index in [1.54, 1.807) is 0 Å². The maximum atomic E-state index is 4.36. The Bertz CT molecular complexity index is 1580. The molecule has 0 fully saturated rings. The Morgan fingerprint density at radius 2 is 1.15 bits per heavy atom. The number of hydrogen-bond acceptors (Lipinski definition) is 2. The summed E-state index contributed by atoms with van der Waals surface area (Å²) in [5.41, 5.74) is 12.8. The molecule has 0 spiro atoms. The van der Waals surface area contributed by atoms with Gasteiger partial charge in [0.25, 0.3) is 0 Å². The van der Waals surface area contributed by atoms with Gasteiger partial charge in [0.2, 0.25) is 0 Å². The van der Waals surface area contributed by atoms with Gasteiger partial charge >= 0.3 is 0 Å². The Morgan fingerprint density at radius 1 is 0.550 bits per heavy atom. The van der Waals surface area contributed by atoms with E-state index in [1.165, 1.54) is 69.6 Å². The summed E-state index contributed by atoms with van der Waals surface area (Å²) in [6, 6.07) is 44.6. The smallest absolute Gasteiger partial charge is 0.0465 e. The van der Waals surface area contributed by atoms with Gasteiger partial charge in [0.15, 0.2) is 0 Å². The van der Waals surface area contributed by atoms with E-state index in [0.29, 0.717) is 0 Å². The van der Waals surface area contributed by atoms with Crippen LogP contribution in [0.25, 0.3) is 22.3 Å². The van der Waals surface area contributed by atoms with Crippen LogP contribution in [0.4, 0.5) is 17.1 Å². The van der Waals surface area contributed by atoms with Gasteiger partial charge in [0.1, 0.15) is 0 Å². The normalized spacial score (nSPS) is 13.1. The van der Waals surface area contributed by atoms with Crippen LogP contribution in [-0.2, 0) is 11.8 Å². The lowest BCUT2D eigenvalue weighted by Gasteiger charge is -2.28. The van der Waals surface area contributed by atoms with Crippen LogP contribution in [0.5, 0.6) is 0 Å². The van der Waals surface area contributed by atoms with Crippen LogP contribution in [0.2, 0.25) is 0 Å². The van der Waals surface area contributed by atoms with Crippen molar-refractivity contribution in [3.63, 3.8) is 0 Å². The van der Waals surface area contributed by atoms with Crippen molar-refractivity contribution in [2.75, 3.05) is 10.7 Å². The number of thiol groups is 1. The zero-order valence-electron chi connectivity index (χ0n) is 23.5. The van der Waals surface area contributed by atoms with Gasteiger partial charge in [-0.15, -0.1) is 0 Å². The number of nitrogens with zero attached hydrogens (tertiary/aromatic N) is 1. The number of aryl methyl sites for hydroxylation is 1. The summed E-state index contributed by atoms with van der Waals surface area (Å²) in [4.78, 5) is 2.40. The minimum Gasteiger partial charge on any atom is -0.310 e. The summed E-state index contributed by atoms with van der Waals surface area (Å²) < 4.78 is 0. The van der Waals surface area contributed by atoms with E-state index in [1.807, 2.05) is 0 Å². The van der Waals surface area contributed by atoms with E-state index >= 15 is 0 Å². The molecule has 0 bridgehead atoms. The van der Waals surface area contributed by atoms with Crippen molar-refractivity contribution in [1.29, 1.82) is 0 Å². The summed E-state index contributed by atoms with van der Waals surface area (Å²) in [5.74, 6) is 0.972. The van der Waals surface area contributed by atoms with Crippen molar-refractivity contribution in [3.05, 3.63) is 138 Å². The largest absolute Gasteiger partial charge is 0.310 e. The molecular weight excluding hydrogens is 502 g/mol. The van der Waals surface area contributed by atoms with Crippen LogP contribution >= 0.6 is 12.6 Å². The molecule has 2 heteroatoms. The third-order valence-corrected chi connectivity index (χ3v) is 8.69. The number of unbranched alkanes of at least 4 members (excludes halogenated alkanes) is 2. The highest BCUT2D eigenvalue weighted by Crippen LogP contribution is 2.50. The molecule has 0 aromatic heterocycles. The van der Waals surface area contributed by atoms with Crippen molar-refractivity contribution < 1.29 is 0 Å². The van der Waals surface area contributed by atoms with Crippen molar-refractivity contribution in [2.45, 2.75) is 44.9 Å². The van der Waals surface area contributed by atoms with Gasteiger partial charge in [-0.2, -0.15) is 12.6 Å². The molecule has 0 atom stereocenters. The van der Waals surface area contributed by atoms with Gasteiger partial charge in [-0.25, -0.2) is 0 Å². The maximum Gasteiger partial charge on any atom is 0.0465 e. The van der Waals surface area contributed by atoms with Crippen LogP contribution in [-0.4, -0.2) is 5.75 Å². The molecule has 0 saturated carbocycles. The first-order valence-electron chi connectivity index (χ1n) is 14.5. The third-order valence-electron chi connectivity index (χ3n) is 8.38. The minimum absolute atomic E-state index is 0.0400. The molecule has 0 unspecified atom stereocenters. The quantitative estimate of drug-likeness (QED) is 0.144. The summed E-state index contributed by atoms with van der Waals surface area (Å²) >= 11 is 4.36. The highest BCUT2D eigenvalue weighted by Gasteiger charge is 2.35. The Hall–Kier alpha value is -3.75. The van der Waals surface area contributed by atoms with Gasteiger partial charge in [-0.05, 0) is 100 Å². The minimum atomic E-state index is -0.0400. The molecule has 40 heavy (non-hydrogen) atoms.